The van der Waals surface area contributed by atoms with Gasteiger partial charge < -0.3 is 5.32 Å². The Morgan fingerprint density at radius 2 is 1.67 bits per heavy atom. The highest BCUT2D eigenvalue weighted by Crippen LogP contribution is 2.18. The molecular formula is C19H24ClN. The molecule has 1 N–H and O–H groups in total. The molecule has 0 bridgehead atoms. The Hall–Kier alpha value is -1.31. The molecule has 2 aromatic rings. The van der Waals surface area contributed by atoms with E-state index in [0.717, 1.165) is 24.4 Å². The van der Waals surface area contributed by atoms with Crippen molar-refractivity contribution in [3.05, 3.63) is 69.7 Å². The maximum absolute atomic E-state index is 6.10. The average Bonchev–Trinajstić information content (AvgIpc) is 2.43. The first-order valence-electron chi connectivity index (χ1n) is 7.63. The van der Waals surface area contributed by atoms with Gasteiger partial charge >= 0.3 is 0 Å². The summed E-state index contributed by atoms with van der Waals surface area (Å²) in [6.45, 7) is 7.54. The Labute approximate surface area is 133 Å². The fourth-order valence-corrected chi connectivity index (χ4v) is 3.08. The van der Waals surface area contributed by atoms with Gasteiger partial charge in [0.25, 0.3) is 0 Å². The van der Waals surface area contributed by atoms with Crippen LogP contribution in [0, 0.1) is 13.8 Å². The van der Waals surface area contributed by atoms with Crippen molar-refractivity contribution in [2.24, 2.45) is 0 Å². The zero-order valence-corrected chi connectivity index (χ0v) is 13.9. The lowest BCUT2D eigenvalue weighted by molar-refractivity contribution is 0.519. The molecule has 1 unspecified atom stereocenters. The van der Waals surface area contributed by atoms with Gasteiger partial charge in [0.15, 0.2) is 0 Å². The molecule has 0 spiro atoms. The highest BCUT2D eigenvalue weighted by atomic mass is 35.5. The van der Waals surface area contributed by atoms with Crippen LogP contribution >= 0.6 is 11.6 Å². The zero-order valence-electron chi connectivity index (χ0n) is 13.1. The number of halogens is 1. The van der Waals surface area contributed by atoms with E-state index in [4.69, 9.17) is 11.6 Å². The van der Waals surface area contributed by atoms with E-state index in [9.17, 15) is 0 Å². The van der Waals surface area contributed by atoms with Gasteiger partial charge in [0.05, 0.1) is 0 Å². The van der Waals surface area contributed by atoms with Gasteiger partial charge in [0.1, 0.15) is 0 Å². The standard InChI is InChI=1S/C19H24ClN/c1-4-21-18(12-16-9-6-10-17(20)11-16)13-19-14(2)7-5-8-15(19)3/h5-11,18,21H,4,12-13H2,1-3H3. The lowest BCUT2D eigenvalue weighted by atomic mass is 9.93. The molecule has 0 saturated carbocycles. The molecule has 0 saturated heterocycles. The fourth-order valence-electron chi connectivity index (χ4n) is 2.87. The highest BCUT2D eigenvalue weighted by molar-refractivity contribution is 6.30. The van der Waals surface area contributed by atoms with Crippen molar-refractivity contribution >= 4 is 11.6 Å². The SMILES string of the molecule is CCNC(Cc1cccc(Cl)c1)Cc1c(C)cccc1C. The van der Waals surface area contributed by atoms with E-state index in [0.29, 0.717) is 6.04 Å². The van der Waals surface area contributed by atoms with E-state index in [1.54, 1.807) is 0 Å². The van der Waals surface area contributed by atoms with Crippen molar-refractivity contribution in [3.63, 3.8) is 0 Å². The predicted molar refractivity (Wildman–Crippen MR) is 92.2 cm³/mol. The molecule has 2 rings (SSSR count). The molecule has 0 heterocycles. The molecule has 0 aromatic heterocycles. The number of rotatable bonds is 6. The van der Waals surface area contributed by atoms with Crippen LogP contribution in [0.3, 0.4) is 0 Å². The summed E-state index contributed by atoms with van der Waals surface area (Å²) in [4.78, 5) is 0. The normalized spacial score (nSPS) is 12.4. The Morgan fingerprint density at radius 1 is 1.00 bits per heavy atom. The number of hydrogen-bond acceptors (Lipinski definition) is 1. The summed E-state index contributed by atoms with van der Waals surface area (Å²) in [5.74, 6) is 0. The predicted octanol–water partition coefficient (Wildman–Crippen LogP) is 4.72. The minimum atomic E-state index is 0.438. The molecule has 1 atom stereocenters. The minimum absolute atomic E-state index is 0.438. The molecule has 0 aliphatic heterocycles. The lowest BCUT2D eigenvalue weighted by Gasteiger charge is -2.20. The first-order chi connectivity index (χ1) is 10.1. The maximum atomic E-state index is 6.10. The first-order valence-corrected chi connectivity index (χ1v) is 8.01. The molecule has 21 heavy (non-hydrogen) atoms. The van der Waals surface area contributed by atoms with Crippen LogP contribution in [0.5, 0.6) is 0 Å². The molecular weight excluding hydrogens is 278 g/mol. The van der Waals surface area contributed by atoms with Crippen LogP contribution < -0.4 is 5.32 Å². The lowest BCUT2D eigenvalue weighted by Crippen LogP contribution is -2.33. The van der Waals surface area contributed by atoms with E-state index in [1.165, 1.54) is 22.3 Å². The average molecular weight is 302 g/mol. The Kier molecular flexibility index (Phi) is 5.84. The number of aryl methyl sites for hydroxylation is 2. The Bertz CT molecular complexity index is 572. The van der Waals surface area contributed by atoms with Crippen LogP contribution in [0.2, 0.25) is 5.02 Å². The third-order valence-electron chi connectivity index (χ3n) is 3.96. The van der Waals surface area contributed by atoms with Gasteiger partial charge in [-0.05, 0) is 67.6 Å². The number of hydrogen-bond donors (Lipinski definition) is 1. The maximum Gasteiger partial charge on any atom is 0.0408 e. The van der Waals surface area contributed by atoms with Crippen LogP contribution in [0.4, 0.5) is 0 Å². The van der Waals surface area contributed by atoms with Crippen LogP contribution in [0.25, 0.3) is 0 Å². The highest BCUT2D eigenvalue weighted by Gasteiger charge is 2.12. The van der Waals surface area contributed by atoms with Crippen LogP contribution in [-0.2, 0) is 12.8 Å². The Balaban J connectivity index is 2.16. The summed E-state index contributed by atoms with van der Waals surface area (Å²) in [6.07, 6.45) is 2.06. The second-order valence-electron chi connectivity index (χ2n) is 5.66. The van der Waals surface area contributed by atoms with Gasteiger partial charge in [-0.25, -0.2) is 0 Å². The topological polar surface area (TPSA) is 12.0 Å². The van der Waals surface area contributed by atoms with Gasteiger partial charge in [0.2, 0.25) is 0 Å². The number of nitrogens with one attached hydrogen (secondary N) is 1. The van der Waals surface area contributed by atoms with E-state index >= 15 is 0 Å². The Morgan fingerprint density at radius 3 is 2.29 bits per heavy atom. The molecule has 2 aromatic carbocycles. The largest absolute Gasteiger partial charge is 0.314 e. The molecule has 0 aliphatic carbocycles. The summed E-state index contributed by atoms with van der Waals surface area (Å²) >= 11 is 6.10. The van der Waals surface area contributed by atoms with Crippen LogP contribution in [-0.4, -0.2) is 12.6 Å². The van der Waals surface area contributed by atoms with Crippen molar-refractivity contribution in [2.75, 3.05) is 6.54 Å². The van der Waals surface area contributed by atoms with Gasteiger partial charge in [-0.2, -0.15) is 0 Å². The minimum Gasteiger partial charge on any atom is -0.314 e. The van der Waals surface area contributed by atoms with E-state index in [1.807, 2.05) is 12.1 Å². The van der Waals surface area contributed by atoms with Gasteiger partial charge in [-0.3, -0.25) is 0 Å². The molecule has 112 valence electrons. The van der Waals surface area contributed by atoms with E-state index in [2.05, 4.69) is 56.4 Å². The monoisotopic (exact) mass is 301 g/mol. The van der Waals surface area contributed by atoms with Crippen LogP contribution in [0.15, 0.2) is 42.5 Å². The number of likely N-dealkylation sites (N-methyl/N-ethyl adjacent to an activating group) is 1. The quantitative estimate of drug-likeness (QED) is 0.814. The van der Waals surface area contributed by atoms with Crippen molar-refractivity contribution in [1.82, 2.24) is 5.32 Å². The van der Waals surface area contributed by atoms with E-state index in [-0.39, 0.29) is 0 Å². The van der Waals surface area contributed by atoms with Crippen molar-refractivity contribution in [3.8, 4) is 0 Å². The third kappa shape index (κ3) is 4.59. The molecule has 1 nitrogen and oxygen atoms in total. The fraction of sp³-hybridized carbons (Fsp3) is 0.368. The third-order valence-corrected chi connectivity index (χ3v) is 4.19. The second-order valence-corrected chi connectivity index (χ2v) is 6.10. The molecule has 2 heteroatoms. The van der Waals surface area contributed by atoms with Crippen molar-refractivity contribution < 1.29 is 0 Å². The summed E-state index contributed by atoms with van der Waals surface area (Å²) < 4.78 is 0. The van der Waals surface area contributed by atoms with Gasteiger partial charge in [-0.1, -0.05) is 48.9 Å². The van der Waals surface area contributed by atoms with Crippen molar-refractivity contribution in [2.45, 2.75) is 39.7 Å². The summed E-state index contributed by atoms with van der Waals surface area (Å²) in [5, 5.41) is 4.43. The number of benzene rings is 2. The zero-order chi connectivity index (χ0) is 15.2. The summed E-state index contributed by atoms with van der Waals surface area (Å²) in [6, 6.07) is 15.1. The molecule has 0 amide bonds. The summed E-state index contributed by atoms with van der Waals surface area (Å²) in [7, 11) is 0. The molecule has 0 fully saturated rings. The summed E-state index contributed by atoms with van der Waals surface area (Å²) in [5.41, 5.74) is 5.51. The second kappa shape index (κ2) is 7.63. The van der Waals surface area contributed by atoms with E-state index < -0.39 is 0 Å². The van der Waals surface area contributed by atoms with Crippen LogP contribution in [0.1, 0.15) is 29.2 Å². The smallest absolute Gasteiger partial charge is 0.0408 e. The molecule has 0 radical (unpaired) electrons. The van der Waals surface area contributed by atoms with Gasteiger partial charge in [0, 0.05) is 11.1 Å². The van der Waals surface area contributed by atoms with Gasteiger partial charge in [-0.15, -0.1) is 0 Å². The molecule has 0 aliphatic rings. The van der Waals surface area contributed by atoms with Crippen molar-refractivity contribution in [1.29, 1.82) is 0 Å². The first kappa shape index (κ1) is 16.1.